The number of fused-ring (bicyclic) bond motifs is 1. The van der Waals surface area contributed by atoms with Crippen LogP contribution in [-0.2, 0) is 4.79 Å². The number of nitrogens with one attached hydrogen (secondary N) is 1. The average molecular weight is 385 g/mol. The van der Waals surface area contributed by atoms with Gasteiger partial charge in [0.05, 0.1) is 11.3 Å². The van der Waals surface area contributed by atoms with Crippen molar-refractivity contribution in [3.8, 4) is 0 Å². The molecule has 1 aliphatic carbocycles. The van der Waals surface area contributed by atoms with Crippen LogP contribution in [0.3, 0.4) is 0 Å². The summed E-state index contributed by atoms with van der Waals surface area (Å²) in [5.74, 6) is 2.04. The third kappa shape index (κ3) is 4.01. The number of nitrogens with zero attached hydrogens (tertiary/aromatic N) is 3. The van der Waals surface area contributed by atoms with Crippen molar-refractivity contribution < 1.29 is 9.21 Å². The predicted molar refractivity (Wildman–Crippen MR) is 110 cm³/mol. The topological polar surface area (TPSA) is 71.3 Å². The normalized spacial score (nSPS) is 22.1. The van der Waals surface area contributed by atoms with Gasteiger partial charge in [0.15, 0.2) is 0 Å². The lowest BCUT2D eigenvalue weighted by Crippen LogP contribution is -2.46. The van der Waals surface area contributed by atoms with E-state index in [-0.39, 0.29) is 11.8 Å². The molecule has 0 spiro atoms. The standard InChI is InChI=1S/C22H32N4O2/c1-15-16(2)28-22-19(15)20(23-14-24-22)26-12-8-9-17(13-26)21(27)25-18-10-6-4-3-5-7-11-18/h14,17-18H,3-13H2,1-2H3,(H,25,27). The minimum atomic E-state index is 0.0255. The first-order chi connectivity index (χ1) is 13.6. The van der Waals surface area contributed by atoms with Crippen LogP contribution in [0.4, 0.5) is 5.82 Å². The summed E-state index contributed by atoms with van der Waals surface area (Å²) in [7, 11) is 0. The van der Waals surface area contributed by atoms with Gasteiger partial charge in [0, 0.05) is 24.7 Å². The first-order valence-electron chi connectivity index (χ1n) is 10.9. The van der Waals surface area contributed by atoms with Gasteiger partial charge in [0.25, 0.3) is 0 Å². The smallest absolute Gasteiger partial charge is 0.231 e. The molecule has 0 aromatic carbocycles. The van der Waals surface area contributed by atoms with E-state index in [1.165, 1.54) is 32.1 Å². The van der Waals surface area contributed by atoms with Crippen LogP contribution in [0.25, 0.3) is 11.1 Å². The van der Waals surface area contributed by atoms with Gasteiger partial charge < -0.3 is 14.6 Å². The third-order valence-electron chi connectivity index (χ3n) is 6.49. The van der Waals surface area contributed by atoms with Gasteiger partial charge in [-0.1, -0.05) is 32.1 Å². The van der Waals surface area contributed by atoms with Crippen molar-refractivity contribution in [1.82, 2.24) is 15.3 Å². The minimum Gasteiger partial charge on any atom is -0.443 e. The van der Waals surface area contributed by atoms with Crippen LogP contribution in [0.1, 0.15) is 69.1 Å². The Kier molecular flexibility index (Phi) is 5.83. The van der Waals surface area contributed by atoms with Gasteiger partial charge in [-0.2, -0.15) is 0 Å². The van der Waals surface area contributed by atoms with Crippen LogP contribution in [0.5, 0.6) is 0 Å². The Labute approximate surface area is 167 Å². The zero-order valence-corrected chi connectivity index (χ0v) is 17.2. The zero-order chi connectivity index (χ0) is 19.5. The van der Waals surface area contributed by atoms with E-state index in [1.807, 2.05) is 6.92 Å². The van der Waals surface area contributed by atoms with E-state index in [2.05, 4.69) is 27.1 Å². The number of furan rings is 1. The highest BCUT2D eigenvalue weighted by atomic mass is 16.3. The van der Waals surface area contributed by atoms with Crippen LogP contribution in [0.15, 0.2) is 10.7 Å². The van der Waals surface area contributed by atoms with Crippen LogP contribution in [0, 0.1) is 19.8 Å². The maximum atomic E-state index is 13.0. The van der Waals surface area contributed by atoms with Gasteiger partial charge in [-0.05, 0) is 39.5 Å². The fourth-order valence-electron chi connectivity index (χ4n) is 4.71. The molecule has 152 valence electrons. The lowest BCUT2D eigenvalue weighted by molar-refractivity contribution is -0.126. The Balaban J connectivity index is 1.46. The van der Waals surface area contributed by atoms with Gasteiger partial charge in [-0.25, -0.2) is 9.97 Å². The number of carbonyl (C=O) groups excluding carboxylic acids is 1. The highest BCUT2D eigenvalue weighted by Gasteiger charge is 2.29. The molecule has 6 heteroatoms. The van der Waals surface area contributed by atoms with Crippen molar-refractivity contribution in [2.24, 2.45) is 5.92 Å². The lowest BCUT2D eigenvalue weighted by Gasteiger charge is -2.34. The first kappa shape index (κ1) is 19.2. The number of piperidine rings is 1. The van der Waals surface area contributed by atoms with Gasteiger partial charge in [0.2, 0.25) is 11.6 Å². The van der Waals surface area contributed by atoms with Crippen LogP contribution >= 0.6 is 0 Å². The summed E-state index contributed by atoms with van der Waals surface area (Å²) >= 11 is 0. The van der Waals surface area contributed by atoms with E-state index in [0.29, 0.717) is 18.3 Å². The molecule has 2 aromatic rings. The van der Waals surface area contributed by atoms with Gasteiger partial charge in [-0.15, -0.1) is 0 Å². The summed E-state index contributed by atoms with van der Waals surface area (Å²) < 4.78 is 5.77. The Bertz CT molecular complexity index is 823. The molecule has 6 nitrogen and oxygen atoms in total. The van der Waals surface area contributed by atoms with Crippen molar-refractivity contribution >= 4 is 22.8 Å². The fourth-order valence-corrected chi connectivity index (χ4v) is 4.71. The van der Waals surface area contributed by atoms with Crippen molar-refractivity contribution in [1.29, 1.82) is 0 Å². The van der Waals surface area contributed by atoms with E-state index in [4.69, 9.17) is 4.42 Å². The predicted octanol–water partition coefficient (Wildman–Crippen LogP) is 4.29. The summed E-state index contributed by atoms with van der Waals surface area (Å²) in [5.41, 5.74) is 1.73. The molecule has 3 heterocycles. The molecule has 2 fully saturated rings. The summed E-state index contributed by atoms with van der Waals surface area (Å²) in [6.45, 7) is 5.65. The van der Waals surface area contributed by atoms with Crippen molar-refractivity contribution in [2.45, 2.75) is 77.7 Å². The number of hydrogen-bond acceptors (Lipinski definition) is 5. The summed E-state index contributed by atoms with van der Waals surface area (Å²) in [5, 5.41) is 4.35. The first-order valence-corrected chi connectivity index (χ1v) is 10.9. The molecule has 1 atom stereocenters. The summed E-state index contributed by atoms with van der Waals surface area (Å²) in [6.07, 6.45) is 12.2. The van der Waals surface area contributed by atoms with Crippen molar-refractivity contribution in [2.75, 3.05) is 18.0 Å². The van der Waals surface area contributed by atoms with Gasteiger partial charge >= 0.3 is 0 Å². The molecule has 0 radical (unpaired) electrons. The van der Waals surface area contributed by atoms with E-state index in [0.717, 1.165) is 54.8 Å². The number of amides is 1. The van der Waals surface area contributed by atoms with E-state index in [9.17, 15) is 4.79 Å². The molecular weight excluding hydrogens is 352 g/mol. The molecule has 28 heavy (non-hydrogen) atoms. The Morgan fingerprint density at radius 2 is 1.82 bits per heavy atom. The molecule has 1 N–H and O–H groups in total. The zero-order valence-electron chi connectivity index (χ0n) is 17.2. The Morgan fingerprint density at radius 1 is 1.07 bits per heavy atom. The molecular formula is C22H32N4O2. The van der Waals surface area contributed by atoms with Crippen molar-refractivity contribution in [3.63, 3.8) is 0 Å². The average Bonchev–Trinajstić information content (AvgIpc) is 2.98. The molecule has 1 saturated carbocycles. The second-order valence-electron chi connectivity index (χ2n) is 8.50. The number of carbonyl (C=O) groups is 1. The second kappa shape index (κ2) is 8.50. The largest absolute Gasteiger partial charge is 0.443 e. The number of hydrogen-bond donors (Lipinski definition) is 1. The number of aromatic nitrogens is 2. The van der Waals surface area contributed by atoms with Crippen LogP contribution < -0.4 is 10.2 Å². The van der Waals surface area contributed by atoms with Crippen molar-refractivity contribution in [3.05, 3.63) is 17.7 Å². The molecule has 4 rings (SSSR count). The summed E-state index contributed by atoms with van der Waals surface area (Å²) in [4.78, 5) is 24.1. The SMILES string of the molecule is Cc1oc2ncnc(N3CCCC(C(=O)NC4CCCCCCC4)C3)c2c1C. The number of aryl methyl sites for hydroxylation is 2. The minimum absolute atomic E-state index is 0.0255. The maximum absolute atomic E-state index is 13.0. The van der Waals surface area contributed by atoms with Gasteiger partial charge in [0.1, 0.15) is 17.9 Å². The fraction of sp³-hybridized carbons (Fsp3) is 0.682. The van der Waals surface area contributed by atoms with Crippen LogP contribution in [-0.4, -0.2) is 35.0 Å². The van der Waals surface area contributed by atoms with Crippen LogP contribution in [0.2, 0.25) is 0 Å². The highest BCUT2D eigenvalue weighted by Crippen LogP contribution is 2.32. The molecule has 2 aliphatic rings. The maximum Gasteiger partial charge on any atom is 0.231 e. The van der Waals surface area contributed by atoms with Gasteiger partial charge in [-0.3, -0.25) is 4.79 Å². The molecule has 1 aliphatic heterocycles. The van der Waals surface area contributed by atoms with E-state index < -0.39 is 0 Å². The number of anilines is 1. The molecule has 0 bridgehead atoms. The second-order valence-corrected chi connectivity index (χ2v) is 8.50. The Morgan fingerprint density at radius 3 is 2.61 bits per heavy atom. The van der Waals surface area contributed by atoms with E-state index in [1.54, 1.807) is 6.33 Å². The summed E-state index contributed by atoms with van der Waals surface area (Å²) in [6, 6.07) is 0.354. The third-order valence-corrected chi connectivity index (χ3v) is 6.49. The van der Waals surface area contributed by atoms with E-state index >= 15 is 0 Å². The molecule has 1 saturated heterocycles. The molecule has 1 unspecified atom stereocenters. The quantitative estimate of drug-likeness (QED) is 0.855. The Hall–Kier alpha value is -2.11. The molecule has 2 aromatic heterocycles. The lowest BCUT2D eigenvalue weighted by atomic mass is 9.93. The highest BCUT2D eigenvalue weighted by molar-refractivity contribution is 5.90. The molecule has 1 amide bonds. The monoisotopic (exact) mass is 384 g/mol. The number of rotatable bonds is 3.